The first-order chi connectivity index (χ1) is 5.70. The number of nitrogens with two attached hydrogens (primary N) is 1. The number of Topliss-reactive ketones (excluding diaryl/α,β-unsaturated/α-hetero) is 1. The second-order valence-corrected chi connectivity index (χ2v) is 3.25. The fourth-order valence-corrected chi connectivity index (χ4v) is 1.69. The summed E-state index contributed by atoms with van der Waals surface area (Å²) in [5.74, 6) is 0.233. The lowest BCUT2D eigenvalue weighted by atomic mass is 10.0. The number of aryl methyl sites for hydroxylation is 1. The second-order valence-electron chi connectivity index (χ2n) is 3.25. The minimum atomic E-state index is 0.233. The van der Waals surface area contributed by atoms with E-state index in [-0.39, 0.29) is 5.78 Å². The van der Waals surface area contributed by atoms with Gasteiger partial charge in [-0.15, -0.1) is 0 Å². The van der Waals surface area contributed by atoms with Crippen LogP contribution in [0.4, 0.5) is 5.69 Å². The standard InChI is InChI=1S/C10H11NO/c1-6-2-3-7-8(10(6)11)4-5-9(7)12/h2-3H,4-5,11H2,1H3. The van der Waals surface area contributed by atoms with Crippen molar-refractivity contribution in [2.75, 3.05) is 5.73 Å². The minimum absolute atomic E-state index is 0.233. The molecule has 1 aliphatic carbocycles. The highest BCUT2D eigenvalue weighted by molar-refractivity contribution is 6.02. The summed E-state index contributed by atoms with van der Waals surface area (Å²) < 4.78 is 0. The molecule has 0 spiro atoms. The predicted molar refractivity (Wildman–Crippen MR) is 48.2 cm³/mol. The number of ketones is 1. The van der Waals surface area contributed by atoms with Crippen LogP contribution in [0.15, 0.2) is 12.1 Å². The van der Waals surface area contributed by atoms with Crippen molar-refractivity contribution in [3.05, 3.63) is 28.8 Å². The number of hydrogen-bond donors (Lipinski definition) is 1. The zero-order valence-corrected chi connectivity index (χ0v) is 7.05. The van der Waals surface area contributed by atoms with E-state index < -0.39 is 0 Å². The van der Waals surface area contributed by atoms with Crippen LogP contribution in [0.3, 0.4) is 0 Å². The fourth-order valence-electron chi connectivity index (χ4n) is 1.69. The topological polar surface area (TPSA) is 43.1 Å². The molecule has 2 N–H and O–H groups in total. The molecule has 0 bridgehead atoms. The van der Waals surface area contributed by atoms with Crippen molar-refractivity contribution in [3.63, 3.8) is 0 Å². The van der Waals surface area contributed by atoms with Gasteiger partial charge in [0.15, 0.2) is 5.78 Å². The van der Waals surface area contributed by atoms with E-state index in [4.69, 9.17) is 5.73 Å². The van der Waals surface area contributed by atoms with Gasteiger partial charge in [-0.2, -0.15) is 0 Å². The molecule has 1 aliphatic rings. The molecule has 0 saturated carbocycles. The minimum Gasteiger partial charge on any atom is -0.398 e. The summed E-state index contributed by atoms with van der Waals surface area (Å²) in [7, 11) is 0. The fraction of sp³-hybridized carbons (Fsp3) is 0.300. The Morgan fingerprint density at radius 2 is 2.08 bits per heavy atom. The molecule has 1 aromatic carbocycles. The van der Waals surface area contributed by atoms with Crippen molar-refractivity contribution in [1.29, 1.82) is 0 Å². The van der Waals surface area contributed by atoms with E-state index in [9.17, 15) is 4.79 Å². The van der Waals surface area contributed by atoms with Gasteiger partial charge < -0.3 is 5.73 Å². The molecule has 0 heterocycles. The third-order valence-corrected chi connectivity index (χ3v) is 2.48. The van der Waals surface area contributed by atoms with E-state index in [0.717, 1.165) is 28.8 Å². The number of fused-ring (bicyclic) bond motifs is 1. The Morgan fingerprint density at radius 1 is 1.33 bits per heavy atom. The van der Waals surface area contributed by atoms with Gasteiger partial charge >= 0.3 is 0 Å². The van der Waals surface area contributed by atoms with Crippen LogP contribution in [-0.2, 0) is 6.42 Å². The van der Waals surface area contributed by atoms with E-state index >= 15 is 0 Å². The summed E-state index contributed by atoms with van der Waals surface area (Å²) in [6.07, 6.45) is 1.45. The van der Waals surface area contributed by atoms with E-state index in [1.165, 1.54) is 0 Å². The molecule has 0 fully saturated rings. The van der Waals surface area contributed by atoms with Gasteiger partial charge in [0.1, 0.15) is 0 Å². The monoisotopic (exact) mass is 161 g/mol. The zero-order chi connectivity index (χ0) is 8.72. The van der Waals surface area contributed by atoms with Gasteiger partial charge in [-0.3, -0.25) is 4.79 Å². The summed E-state index contributed by atoms with van der Waals surface area (Å²) >= 11 is 0. The average Bonchev–Trinajstić information content (AvgIpc) is 2.41. The summed E-state index contributed by atoms with van der Waals surface area (Å²) in [4.78, 5) is 11.3. The van der Waals surface area contributed by atoms with Crippen LogP contribution in [0.1, 0.15) is 27.9 Å². The molecule has 2 nitrogen and oxygen atoms in total. The molecule has 0 saturated heterocycles. The highest BCUT2D eigenvalue weighted by Crippen LogP contribution is 2.29. The van der Waals surface area contributed by atoms with Crippen molar-refractivity contribution in [2.45, 2.75) is 19.8 Å². The summed E-state index contributed by atoms with van der Waals surface area (Å²) in [6.45, 7) is 1.97. The molecule has 1 aromatic rings. The first-order valence-corrected chi connectivity index (χ1v) is 4.11. The number of carbonyl (C=O) groups is 1. The van der Waals surface area contributed by atoms with Crippen LogP contribution in [0, 0.1) is 6.92 Å². The number of hydrogen-bond acceptors (Lipinski definition) is 2. The maximum atomic E-state index is 11.3. The molecule has 0 aromatic heterocycles. The zero-order valence-electron chi connectivity index (χ0n) is 7.05. The molecule has 62 valence electrons. The van der Waals surface area contributed by atoms with E-state index in [1.54, 1.807) is 0 Å². The molecule has 0 amide bonds. The van der Waals surface area contributed by atoms with Gasteiger partial charge in [-0.25, -0.2) is 0 Å². The van der Waals surface area contributed by atoms with Crippen molar-refractivity contribution in [2.24, 2.45) is 0 Å². The van der Waals surface area contributed by atoms with Gasteiger partial charge in [0.25, 0.3) is 0 Å². The van der Waals surface area contributed by atoms with Gasteiger partial charge in [0, 0.05) is 17.7 Å². The van der Waals surface area contributed by atoms with Gasteiger partial charge in [-0.05, 0) is 24.5 Å². The molecule has 2 rings (SSSR count). The molecule has 0 aliphatic heterocycles. The lowest BCUT2D eigenvalue weighted by molar-refractivity contribution is 0.0994. The van der Waals surface area contributed by atoms with Crippen LogP contribution < -0.4 is 5.73 Å². The van der Waals surface area contributed by atoms with Gasteiger partial charge in [0.05, 0.1) is 0 Å². The Kier molecular flexibility index (Phi) is 1.43. The van der Waals surface area contributed by atoms with Crippen molar-refractivity contribution in [3.8, 4) is 0 Å². The van der Waals surface area contributed by atoms with Crippen molar-refractivity contribution in [1.82, 2.24) is 0 Å². The summed E-state index contributed by atoms with van der Waals surface area (Å²) in [6, 6.07) is 3.80. The summed E-state index contributed by atoms with van der Waals surface area (Å²) in [5, 5.41) is 0. The van der Waals surface area contributed by atoms with Crippen LogP contribution in [0.5, 0.6) is 0 Å². The van der Waals surface area contributed by atoms with Crippen molar-refractivity contribution < 1.29 is 4.79 Å². The molecular weight excluding hydrogens is 150 g/mol. The maximum Gasteiger partial charge on any atom is 0.163 e. The highest BCUT2D eigenvalue weighted by atomic mass is 16.1. The van der Waals surface area contributed by atoms with Gasteiger partial charge in [0.2, 0.25) is 0 Å². The molecule has 2 heteroatoms. The maximum absolute atomic E-state index is 11.3. The summed E-state index contributed by atoms with van der Waals surface area (Å²) in [5.41, 5.74) is 9.61. The van der Waals surface area contributed by atoms with Crippen LogP contribution in [0.2, 0.25) is 0 Å². The molecule has 0 radical (unpaired) electrons. The number of nitrogen functional groups attached to an aromatic ring is 1. The first-order valence-electron chi connectivity index (χ1n) is 4.11. The van der Waals surface area contributed by atoms with Crippen molar-refractivity contribution >= 4 is 11.5 Å². The molecule has 0 atom stereocenters. The molecule has 12 heavy (non-hydrogen) atoms. The lowest BCUT2D eigenvalue weighted by Crippen LogP contribution is -1.97. The van der Waals surface area contributed by atoms with E-state index in [0.29, 0.717) is 6.42 Å². The Morgan fingerprint density at radius 3 is 2.83 bits per heavy atom. The lowest BCUT2D eigenvalue weighted by Gasteiger charge is -2.04. The molecule has 0 unspecified atom stereocenters. The van der Waals surface area contributed by atoms with Crippen LogP contribution >= 0.6 is 0 Å². The quantitative estimate of drug-likeness (QED) is 0.588. The molecular formula is C10H11NO. The third kappa shape index (κ3) is 0.843. The Bertz CT molecular complexity index is 355. The third-order valence-electron chi connectivity index (χ3n) is 2.48. The number of carbonyl (C=O) groups excluding carboxylic acids is 1. The highest BCUT2D eigenvalue weighted by Gasteiger charge is 2.21. The second kappa shape index (κ2) is 2.34. The predicted octanol–water partition coefficient (Wildman–Crippen LogP) is 1.71. The van der Waals surface area contributed by atoms with E-state index in [1.807, 2.05) is 19.1 Å². The van der Waals surface area contributed by atoms with Crippen LogP contribution in [-0.4, -0.2) is 5.78 Å². The average molecular weight is 161 g/mol. The SMILES string of the molecule is Cc1ccc2c(c1N)CCC2=O. The van der Waals surface area contributed by atoms with Crippen LogP contribution in [0.25, 0.3) is 0 Å². The van der Waals surface area contributed by atoms with Gasteiger partial charge in [-0.1, -0.05) is 12.1 Å². The van der Waals surface area contributed by atoms with E-state index in [2.05, 4.69) is 0 Å². The normalized spacial score (nSPS) is 14.9. The smallest absolute Gasteiger partial charge is 0.163 e. The number of anilines is 1. The Hall–Kier alpha value is -1.31. The first kappa shape index (κ1) is 7.35. The largest absolute Gasteiger partial charge is 0.398 e. The number of rotatable bonds is 0. The Labute approximate surface area is 71.4 Å². The number of benzene rings is 1. The Balaban J connectivity index is 2.68.